The van der Waals surface area contributed by atoms with Gasteiger partial charge in [0.2, 0.25) is 0 Å². The zero-order valence-corrected chi connectivity index (χ0v) is 11.0. The number of hydrogen-bond acceptors (Lipinski definition) is 2. The molecule has 0 unspecified atom stereocenters. The monoisotopic (exact) mass is 218 g/mol. The van der Waals surface area contributed by atoms with Gasteiger partial charge in [0, 0.05) is 0 Å². The number of carbonyl (C=O) groups is 1. The Morgan fingerprint density at radius 1 is 1.43 bits per heavy atom. The molecule has 0 aromatic carbocycles. The Balaban J connectivity index is 4.29. The maximum Gasteiger partial charge on any atom is 0.305 e. The number of rotatable bonds is 4. The second-order valence-corrected chi connectivity index (χ2v) is 10.0. The number of aliphatic carboxylic acids is 1. The van der Waals surface area contributed by atoms with E-state index in [1.165, 1.54) is 0 Å². The molecule has 0 fully saturated rings. The van der Waals surface area contributed by atoms with E-state index >= 15 is 0 Å². The summed E-state index contributed by atoms with van der Waals surface area (Å²) in [6.45, 7) is 12.5. The molecule has 0 heterocycles. The molecule has 0 aromatic rings. The summed E-state index contributed by atoms with van der Waals surface area (Å²) in [5, 5.41) is 8.76. The maximum absolute atomic E-state index is 10.5. The molecule has 0 amide bonds. The van der Waals surface area contributed by atoms with Crippen LogP contribution in [0.25, 0.3) is 0 Å². The van der Waals surface area contributed by atoms with Gasteiger partial charge in [-0.15, -0.1) is 0 Å². The molecule has 0 spiro atoms. The highest BCUT2D eigenvalue weighted by Gasteiger charge is 2.38. The molecule has 0 aliphatic carbocycles. The van der Waals surface area contributed by atoms with Crippen LogP contribution in [0.4, 0.5) is 0 Å². The lowest BCUT2D eigenvalue weighted by Crippen LogP contribution is -2.43. The molecule has 0 rings (SSSR count). The molecule has 1 atom stereocenters. The second kappa shape index (κ2) is 4.44. The Hall–Kier alpha value is -0.353. The normalized spacial score (nSPS) is 15.3. The van der Waals surface area contributed by atoms with Gasteiger partial charge >= 0.3 is 5.97 Å². The van der Waals surface area contributed by atoms with Crippen LogP contribution in [0, 0.1) is 0 Å². The highest BCUT2D eigenvalue weighted by atomic mass is 28.4. The van der Waals surface area contributed by atoms with E-state index in [2.05, 4.69) is 33.9 Å². The van der Waals surface area contributed by atoms with Gasteiger partial charge in [-0.25, -0.2) is 0 Å². The van der Waals surface area contributed by atoms with E-state index in [9.17, 15) is 4.79 Å². The van der Waals surface area contributed by atoms with Gasteiger partial charge in [0.1, 0.15) is 0 Å². The standard InChI is InChI=1S/C10H22O3Si/c1-8(7-9(11)12)13-14(5,6)10(2,3)4/h8H,7H2,1-6H3,(H,11,12)/t8-/m1/s1. The van der Waals surface area contributed by atoms with Crippen LogP contribution in [0.3, 0.4) is 0 Å². The lowest BCUT2D eigenvalue weighted by molar-refractivity contribution is -0.138. The van der Waals surface area contributed by atoms with Crippen LogP contribution in [-0.4, -0.2) is 25.5 Å². The van der Waals surface area contributed by atoms with Gasteiger partial charge in [0.15, 0.2) is 8.32 Å². The molecule has 0 bridgehead atoms. The molecular formula is C10H22O3Si. The number of carboxylic acids is 1. The SMILES string of the molecule is C[C@H](CC(=O)O)O[Si](C)(C)C(C)(C)C. The van der Waals surface area contributed by atoms with Gasteiger partial charge in [-0.1, -0.05) is 20.8 Å². The first kappa shape index (κ1) is 13.6. The van der Waals surface area contributed by atoms with E-state index in [1.54, 1.807) is 0 Å². The quantitative estimate of drug-likeness (QED) is 0.738. The van der Waals surface area contributed by atoms with Crippen molar-refractivity contribution in [3.05, 3.63) is 0 Å². The Labute approximate surface area is 87.6 Å². The smallest absolute Gasteiger partial charge is 0.305 e. The van der Waals surface area contributed by atoms with Crippen molar-refractivity contribution in [1.29, 1.82) is 0 Å². The summed E-state index contributed by atoms with van der Waals surface area (Å²) >= 11 is 0. The minimum Gasteiger partial charge on any atom is -0.481 e. The minimum absolute atomic E-state index is 0.0898. The maximum atomic E-state index is 10.5. The van der Waals surface area contributed by atoms with Crippen molar-refractivity contribution in [3.63, 3.8) is 0 Å². The fraction of sp³-hybridized carbons (Fsp3) is 0.900. The molecule has 0 saturated heterocycles. The second-order valence-electron chi connectivity index (χ2n) is 5.29. The fourth-order valence-corrected chi connectivity index (χ4v) is 2.41. The Morgan fingerprint density at radius 3 is 2.14 bits per heavy atom. The van der Waals surface area contributed by atoms with Crippen LogP contribution >= 0.6 is 0 Å². The van der Waals surface area contributed by atoms with Gasteiger partial charge in [0.25, 0.3) is 0 Å². The van der Waals surface area contributed by atoms with Crippen LogP contribution in [-0.2, 0) is 9.22 Å². The summed E-state index contributed by atoms with van der Waals surface area (Å²) in [6.07, 6.45) is -0.0969. The van der Waals surface area contributed by atoms with Crippen LogP contribution < -0.4 is 0 Å². The van der Waals surface area contributed by atoms with Gasteiger partial charge in [0.05, 0.1) is 12.5 Å². The van der Waals surface area contributed by atoms with Crippen molar-refractivity contribution < 1.29 is 14.3 Å². The van der Waals surface area contributed by atoms with Crippen molar-refractivity contribution in [3.8, 4) is 0 Å². The molecule has 14 heavy (non-hydrogen) atoms. The third-order valence-corrected chi connectivity index (χ3v) is 7.37. The highest BCUT2D eigenvalue weighted by Crippen LogP contribution is 2.37. The van der Waals surface area contributed by atoms with E-state index in [0.29, 0.717) is 0 Å². The zero-order valence-electron chi connectivity index (χ0n) is 10.0. The van der Waals surface area contributed by atoms with E-state index in [4.69, 9.17) is 9.53 Å². The molecule has 0 aromatic heterocycles. The third-order valence-electron chi connectivity index (χ3n) is 2.76. The molecule has 0 aliphatic heterocycles. The van der Waals surface area contributed by atoms with Crippen molar-refractivity contribution >= 4 is 14.3 Å². The van der Waals surface area contributed by atoms with Crippen LogP contribution in [0.1, 0.15) is 34.1 Å². The van der Waals surface area contributed by atoms with Crippen molar-refractivity contribution in [2.24, 2.45) is 0 Å². The summed E-state index contributed by atoms with van der Waals surface area (Å²) in [5.74, 6) is -0.795. The summed E-state index contributed by atoms with van der Waals surface area (Å²) in [7, 11) is -1.80. The molecule has 1 N–H and O–H groups in total. The first-order valence-electron chi connectivity index (χ1n) is 4.96. The Bertz CT molecular complexity index is 206. The molecular weight excluding hydrogens is 196 g/mol. The summed E-state index contributed by atoms with van der Waals surface area (Å²) in [6, 6.07) is 0. The molecule has 0 radical (unpaired) electrons. The van der Waals surface area contributed by atoms with Crippen LogP contribution in [0.2, 0.25) is 18.1 Å². The van der Waals surface area contributed by atoms with Crippen LogP contribution in [0.15, 0.2) is 0 Å². The average Bonchev–Trinajstić information content (AvgIpc) is 1.79. The van der Waals surface area contributed by atoms with Crippen molar-refractivity contribution in [1.82, 2.24) is 0 Å². The van der Waals surface area contributed by atoms with Crippen molar-refractivity contribution in [2.45, 2.75) is 58.4 Å². The fourth-order valence-electron chi connectivity index (χ4n) is 0.967. The van der Waals surface area contributed by atoms with Gasteiger partial charge in [-0.3, -0.25) is 4.79 Å². The molecule has 0 aliphatic rings. The van der Waals surface area contributed by atoms with Crippen LogP contribution in [0.5, 0.6) is 0 Å². The van der Waals surface area contributed by atoms with E-state index < -0.39 is 14.3 Å². The zero-order chi connectivity index (χ0) is 11.6. The molecule has 3 nitrogen and oxygen atoms in total. The number of hydrogen-bond donors (Lipinski definition) is 1. The largest absolute Gasteiger partial charge is 0.481 e. The third kappa shape index (κ3) is 4.24. The molecule has 0 saturated carbocycles. The molecule has 4 heteroatoms. The van der Waals surface area contributed by atoms with Crippen molar-refractivity contribution in [2.75, 3.05) is 0 Å². The first-order valence-corrected chi connectivity index (χ1v) is 7.86. The summed E-state index contributed by atoms with van der Waals surface area (Å²) in [4.78, 5) is 10.5. The Morgan fingerprint density at radius 2 is 1.86 bits per heavy atom. The highest BCUT2D eigenvalue weighted by molar-refractivity contribution is 6.74. The first-order chi connectivity index (χ1) is 6.06. The Kier molecular flexibility index (Phi) is 4.33. The molecule has 84 valence electrons. The predicted octanol–water partition coefficient (Wildman–Crippen LogP) is 2.87. The van der Waals surface area contributed by atoms with Gasteiger partial charge < -0.3 is 9.53 Å². The number of carboxylic acid groups (broad SMARTS) is 1. The average molecular weight is 218 g/mol. The summed E-state index contributed by atoms with van der Waals surface area (Å²) in [5.41, 5.74) is 0. The lowest BCUT2D eigenvalue weighted by atomic mass is 10.2. The van der Waals surface area contributed by atoms with E-state index in [0.717, 1.165) is 0 Å². The predicted molar refractivity (Wildman–Crippen MR) is 60.0 cm³/mol. The lowest BCUT2D eigenvalue weighted by Gasteiger charge is -2.38. The van der Waals surface area contributed by atoms with Gasteiger partial charge in [-0.2, -0.15) is 0 Å². The van der Waals surface area contributed by atoms with E-state index in [-0.39, 0.29) is 17.6 Å². The topological polar surface area (TPSA) is 46.5 Å². The summed E-state index contributed by atoms with van der Waals surface area (Å²) < 4.78 is 5.87. The van der Waals surface area contributed by atoms with E-state index in [1.807, 2.05) is 6.92 Å². The minimum atomic E-state index is -1.80. The van der Waals surface area contributed by atoms with Gasteiger partial charge in [-0.05, 0) is 25.1 Å².